The van der Waals surface area contributed by atoms with Gasteiger partial charge in [0.05, 0.1) is 0 Å². The highest BCUT2D eigenvalue weighted by atomic mass is 32.2. The fourth-order valence-electron chi connectivity index (χ4n) is 3.50. The summed E-state index contributed by atoms with van der Waals surface area (Å²) in [5, 5.41) is 1.08. The third-order valence-electron chi connectivity index (χ3n) is 5.16. The summed E-state index contributed by atoms with van der Waals surface area (Å²) in [5.41, 5.74) is 1.68. The number of piperazine rings is 1. The molecule has 0 unspecified atom stereocenters. The molecule has 2 heterocycles. The van der Waals surface area contributed by atoms with E-state index in [1.54, 1.807) is 11.8 Å². The molecular formula is C22H25N3O2S. The van der Waals surface area contributed by atoms with E-state index in [-0.39, 0.29) is 5.91 Å². The number of hydrogen-bond donors (Lipinski definition) is 1. The summed E-state index contributed by atoms with van der Waals surface area (Å²) in [4.78, 5) is 21.5. The Balaban J connectivity index is 1.24. The fourth-order valence-corrected chi connectivity index (χ4v) is 3.91. The van der Waals surface area contributed by atoms with Crippen molar-refractivity contribution in [2.45, 2.75) is 4.90 Å². The molecule has 1 saturated heterocycles. The highest BCUT2D eigenvalue weighted by Crippen LogP contribution is 2.19. The SMILES string of the molecule is CSc1ccc(OCCN2CCN(C(=O)c3cc4ccccc4[nH]3)CC2)cc1. The monoisotopic (exact) mass is 395 g/mol. The molecule has 1 amide bonds. The molecule has 0 bridgehead atoms. The Morgan fingerprint density at radius 1 is 1.07 bits per heavy atom. The fraction of sp³-hybridized carbons (Fsp3) is 0.318. The number of H-pyrrole nitrogens is 1. The van der Waals surface area contributed by atoms with Crippen molar-refractivity contribution in [1.82, 2.24) is 14.8 Å². The first kappa shape index (κ1) is 18.9. The predicted octanol–water partition coefficient (Wildman–Crippen LogP) is 3.73. The maximum absolute atomic E-state index is 12.8. The second-order valence-corrected chi connectivity index (χ2v) is 7.81. The normalized spacial score (nSPS) is 15.1. The van der Waals surface area contributed by atoms with Gasteiger partial charge in [-0.25, -0.2) is 0 Å². The molecule has 5 nitrogen and oxygen atoms in total. The van der Waals surface area contributed by atoms with E-state index in [4.69, 9.17) is 4.74 Å². The zero-order valence-electron chi connectivity index (χ0n) is 16.1. The van der Waals surface area contributed by atoms with Gasteiger partial charge in [0.25, 0.3) is 5.91 Å². The van der Waals surface area contributed by atoms with Crippen molar-refractivity contribution < 1.29 is 9.53 Å². The van der Waals surface area contributed by atoms with Gasteiger partial charge >= 0.3 is 0 Å². The Bertz CT molecular complexity index is 897. The number of rotatable bonds is 6. The number of fused-ring (bicyclic) bond motifs is 1. The first-order chi connectivity index (χ1) is 13.7. The summed E-state index contributed by atoms with van der Waals surface area (Å²) in [6, 6.07) is 18.1. The number of carbonyl (C=O) groups is 1. The van der Waals surface area contributed by atoms with Crippen molar-refractivity contribution in [2.24, 2.45) is 0 Å². The number of para-hydroxylation sites is 1. The van der Waals surface area contributed by atoms with Crippen LogP contribution in [0.5, 0.6) is 5.75 Å². The van der Waals surface area contributed by atoms with Gasteiger partial charge in [0.15, 0.2) is 0 Å². The van der Waals surface area contributed by atoms with Crippen LogP contribution in [0.2, 0.25) is 0 Å². The number of hydrogen-bond acceptors (Lipinski definition) is 4. The van der Waals surface area contributed by atoms with Crippen molar-refractivity contribution >= 4 is 28.6 Å². The summed E-state index contributed by atoms with van der Waals surface area (Å²) >= 11 is 1.73. The van der Waals surface area contributed by atoms with E-state index in [1.165, 1.54) is 4.90 Å². The molecule has 4 rings (SSSR count). The van der Waals surface area contributed by atoms with Crippen molar-refractivity contribution in [3.8, 4) is 5.75 Å². The molecule has 1 aromatic heterocycles. The van der Waals surface area contributed by atoms with Crippen molar-refractivity contribution in [2.75, 3.05) is 45.6 Å². The Hall–Kier alpha value is -2.44. The lowest BCUT2D eigenvalue weighted by Gasteiger charge is -2.34. The van der Waals surface area contributed by atoms with Crippen molar-refractivity contribution in [3.63, 3.8) is 0 Å². The Kier molecular flexibility index (Phi) is 5.88. The molecule has 0 radical (unpaired) electrons. The van der Waals surface area contributed by atoms with Gasteiger partial charge < -0.3 is 14.6 Å². The van der Waals surface area contributed by atoms with E-state index in [9.17, 15) is 4.79 Å². The van der Waals surface area contributed by atoms with Crippen LogP contribution in [0.25, 0.3) is 10.9 Å². The van der Waals surface area contributed by atoms with Crippen LogP contribution in [0.4, 0.5) is 0 Å². The highest BCUT2D eigenvalue weighted by molar-refractivity contribution is 7.98. The molecule has 28 heavy (non-hydrogen) atoms. The second-order valence-electron chi connectivity index (χ2n) is 6.93. The van der Waals surface area contributed by atoms with Crippen LogP contribution in [-0.2, 0) is 0 Å². The lowest BCUT2D eigenvalue weighted by molar-refractivity contribution is 0.0615. The first-order valence-electron chi connectivity index (χ1n) is 9.59. The molecule has 1 fully saturated rings. The smallest absolute Gasteiger partial charge is 0.270 e. The molecule has 6 heteroatoms. The van der Waals surface area contributed by atoms with Crippen LogP contribution >= 0.6 is 11.8 Å². The number of nitrogens with one attached hydrogen (secondary N) is 1. The average Bonchev–Trinajstić information content (AvgIpc) is 3.18. The first-order valence-corrected chi connectivity index (χ1v) is 10.8. The van der Waals surface area contributed by atoms with Gasteiger partial charge in [-0.2, -0.15) is 0 Å². The standard InChI is InChI=1S/C22H25N3O2S/c1-28-19-8-6-18(7-9-19)27-15-14-24-10-12-25(13-11-24)22(26)21-16-17-4-2-3-5-20(17)23-21/h2-9,16,23H,10-15H2,1H3. The van der Waals surface area contributed by atoms with Crippen molar-refractivity contribution in [3.05, 3.63) is 60.3 Å². The number of benzene rings is 2. The Morgan fingerprint density at radius 3 is 2.54 bits per heavy atom. The number of aromatic nitrogens is 1. The van der Waals surface area contributed by atoms with Crippen LogP contribution in [0.15, 0.2) is 59.5 Å². The van der Waals surface area contributed by atoms with Crippen LogP contribution in [0.3, 0.4) is 0 Å². The third kappa shape index (κ3) is 4.34. The Labute approximate surface area is 169 Å². The number of ether oxygens (including phenoxy) is 1. The van der Waals surface area contributed by atoms with Crippen LogP contribution < -0.4 is 4.74 Å². The van der Waals surface area contributed by atoms with Gasteiger partial charge in [0.1, 0.15) is 18.1 Å². The minimum atomic E-state index is 0.0842. The molecule has 146 valence electrons. The van der Waals surface area contributed by atoms with Gasteiger partial charge in [-0.15, -0.1) is 11.8 Å². The molecule has 0 saturated carbocycles. The number of nitrogens with zero attached hydrogens (tertiary/aromatic N) is 2. The largest absolute Gasteiger partial charge is 0.492 e. The molecule has 1 N–H and O–H groups in total. The summed E-state index contributed by atoms with van der Waals surface area (Å²) in [7, 11) is 0. The molecule has 1 aliphatic heterocycles. The summed E-state index contributed by atoms with van der Waals surface area (Å²) < 4.78 is 5.85. The summed E-state index contributed by atoms with van der Waals surface area (Å²) in [5.74, 6) is 0.992. The lowest BCUT2D eigenvalue weighted by atomic mass is 10.2. The second kappa shape index (κ2) is 8.71. The number of thioether (sulfide) groups is 1. The van der Waals surface area contributed by atoms with Crippen molar-refractivity contribution in [1.29, 1.82) is 0 Å². The summed E-state index contributed by atoms with van der Waals surface area (Å²) in [6.07, 6.45) is 2.07. The molecule has 2 aromatic carbocycles. The van der Waals surface area contributed by atoms with Crippen LogP contribution in [0, 0.1) is 0 Å². The van der Waals surface area contributed by atoms with Crippen LogP contribution in [-0.4, -0.2) is 66.3 Å². The predicted molar refractivity (Wildman–Crippen MR) is 114 cm³/mol. The minimum Gasteiger partial charge on any atom is -0.492 e. The molecular weight excluding hydrogens is 370 g/mol. The Morgan fingerprint density at radius 2 is 1.82 bits per heavy atom. The zero-order chi connectivity index (χ0) is 19.3. The van der Waals surface area contributed by atoms with Gasteiger partial charge in [-0.1, -0.05) is 18.2 Å². The maximum Gasteiger partial charge on any atom is 0.270 e. The third-order valence-corrected chi connectivity index (χ3v) is 5.90. The van der Waals surface area contributed by atoms with E-state index >= 15 is 0 Å². The van der Waals surface area contributed by atoms with E-state index in [0.717, 1.165) is 49.4 Å². The van der Waals surface area contributed by atoms with E-state index in [2.05, 4.69) is 28.3 Å². The lowest BCUT2D eigenvalue weighted by Crippen LogP contribution is -2.49. The number of amides is 1. The minimum absolute atomic E-state index is 0.0842. The van der Waals surface area contributed by atoms with E-state index in [0.29, 0.717) is 12.3 Å². The van der Waals surface area contributed by atoms with Crippen LogP contribution in [0.1, 0.15) is 10.5 Å². The number of aromatic amines is 1. The highest BCUT2D eigenvalue weighted by Gasteiger charge is 2.23. The number of carbonyl (C=O) groups excluding carboxylic acids is 1. The average molecular weight is 396 g/mol. The molecule has 0 atom stereocenters. The van der Waals surface area contributed by atoms with Gasteiger partial charge in [-0.05, 0) is 42.7 Å². The van der Waals surface area contributed by atoms with Gasteiger partial charge in [0.2, 0.25) is 0 Å². The molecule has 0 aliphatic carbocycles. The van der Waals surface area contributed by atoms with Gasteiger partial charge in [0, 0.05) is 48.5 Å². The topological polar surface area (TPSA) is 48.6 Å². The zero-order valence-corrected chi connectivity index (χ0v) is 16.9. The van der Waals surface area contributed by atoms with Gasteiger partial charge in [-0.3, -0.25) is 9.69 Å². The maximum atomic E-state index is 12.8. The molecule has 0 spiro atoms. The van der Waals surface area contributed by atoms with E-state index in [1.807, 2.05) is 47.4 Å². The quantitative estimate of drug-likeness (QED) is 0.646. The summed E-state index contributed by atoms with van der Waals surface area (Å²) in [6.45, 7) is 4.78. The van der Waals surface area contributed by atoms with E-state index < -0.39 is 0 Å². The molecule has 1 aliphatic rings. The molecule has 3 aromatic rings.